The van der Waals surface area contributed by atoms with Gasteiger partial charge in [-0.2, -0.15) is 0 Å². The molecule has 3 rings (SSSR count). The minimum absolute atomic E-state index is 0.0858. The zero-order valence-corrected chi connectivity index (χ0v) is 12.6. The largest absolute Gasteiger partial charge is 0.360 e. The Bertz CT molecular complexity index is 691. The summed E-state index contributed by atoms with van der Waals surface area (Å²) in [6.07, 6.45) is 0.791. The number of aryl methyl sites for hydroxylation is 1. The molecular weight excluding hydrogens is 290 g/mol. The van der Waals surface area contributed by atoms with Crippen LogP contribution in [0.15, 0.2) is 22.0 Å². The summed E-state index contributed by atoms with van der Waals surface area (Å²) in [4.78, 5) is 27.2. The molecule has 0 spiro atoms. The molecule has 0 aliphatic carbocycles. The van der Waals surface area contributed by atoms with Crippen LogP contribution in [-0.2, 0) is 16.0 Å². The number of carbonyl (C=O) groups is 2. The Hall–Kier alpha value is -2.15. The van der Waals surface area contributed by atoms with Crippen molar-refractivity contribution in [3.63, 3.8) is 0 Å². The molecule has 2 aromatic rings. The Morgan fingerprint density at radius 1 is 1.52 bits per heavy atom. The maximum atomic E-state index is 12.3. The van der Waals surface area contributed by atoms with Gasteiger partial charge in [-0.15, -0.1) is 11.3 Å². The van der Waals surface area contributed by atoms with Gasteiger partial charge in [-0.1, -0.05) is 5.16 Å². The molecule has 2 amide bonds. The van der Waals surface area contributed by atoms with Crippen LogP contribution in [0, 0.1) is 6.92 Å². The predicted octanol–water partition coefficient (Wildman–Crippen LogP) is 2.13. The van der Waals surface area contributed by atoms with Gasteiger partial charge in [0.2, 0.25) is 0 Å². The zero-order chi connectivity index (χ0) is 15.0. The van der Waals surface area contributed by atoms with Crippen molar-refractivity contribution in [3.05, 3.63) is 33.7 Å². The summed E-state index contributed by atoms with van der Waals surface area (Å²) < 4.78 is 4.86. The van der Waals surface area contributed by atoms with Gasteiger partial charge >= 0.3 is 11.8 Å². The molecule has 1 N–H and O–H groups in total. The van der Waals surface area contributed by atoms with Crippen LogP contribution in [0.2, 0.25) is 0 Å². The lowest BCUT2D eigenvalue weighted by atomic mass is 10.0. The van der Waals surface area contributed by atoms with Crippen molar-refractivity contribution in [1.82, 2.24) is 10.1 Å². The van der Waals surface area contributed by atoms with Crippen LogP contribution in [-0.4, -0.2) is 28.4 Å². The first-order valence-corrected chi connectivity index (χ1v) is 7.56. The molecule has 0 unspecified atom stereocenters. The first kappa shape index (κ1) is 13.8. The molecule has 0 aromatic carbocycles. The van der Waals surface area contributed by atoms with E-state index in [4.69, 9.17) is 4.52 Å². The van der Waals surface area contributed by atoms with Crippen molar-refractivity contribution >= 4 is 29.0 Å². The molecule has 0 saturated carbocycles. The molecule has 2 aromatic heterocycles. The van der Waals surface area contributed by atoms with E-state index in [1.54, 1.807) is 29.2 Å². The number of hydrogen-bond donors (Lipinski definition) is 1. The van der Waals surface area contributed by atoms with Gasteiger partial charge in [0.15, 0.2) is 5.82 Å². The van der Waals surface area contributed by atoms with Gasteiger partial charge < -0.3 is 9.42 Å². The maximum Gasteiger partial charge on any atom is 0.315 e. The molecular formula is C14H15N3O3S. The normalized spacial score (nSPS) is 17.4. The van der Waals surface area contributed by atoms with E-state index in [1.807, 2.05) is 18.4 Å². The van der Waals surface area contributed by atoms with Crippen LogP contribution in [0.5, 0.6) is 0 Å². The van der Waals surface area contributed by atoms with Gasteiger partial charge in [0.05, 0.1) is 6.04 Å². The Morgan fingerprint density at radius 2 is 2.33 bits per heavy atom. The lowest BCUT2D eigenvalue weighted by Crippen LogP contribution is -2.44. The van der Waals surface area contributed by atoms with Crippen molar-refractivity contribution in [1.29, 1.82) is 0 Å². The van der Waals surface area contributed by atoms with Crippen LogP contribution in [0.4, 0.5) is 5.82 Å². The number of rotatable bonds is 1. The lowest BCUT2D eigenvalue weighted by Gasteiger charge is -2.32. The van der Waals surface area contributed by atoms with E-state index >= 15 is 0 Å². The predicted molar refractivity (Wildman–Crippen MR) is 78.0 cm³/mol. The monoisotopic (exact) mass is 305 g/mol. The number of carbonyl (C=O) groups excluding carboxylic acids is 2. The molecule has 1 atom stereocenters. The summed E-state index contributed by atoms with van der Waals surface area (Å²) in [6.45, 7) is 4.21. The second-order valence-electron chi connectivity index (χ2n) is 5.00. The average molecular weight is 305 g/mol. The van der Waals surface area contributed by atoms with E-state index < -0.39 is 11.8 Å². The number of aromatic nitrogens is 1. The topological polar surface area (TPSA) is 75.4 Å². The fourth-order valence-electron chi connectivity index (χ4n) is 2.51. The van der Waals surface area contributed by atoms with Crippen LogP contribution < -0.4 is 5.32 Å². The maximum absolute atomic E-state index is 12.3. The van der Waals surface area contributed by atoms with E-state index in [-0.39, 0.29) is 11.9 Å². The zero-order valence-electron chi connectivity index (χ0n) is 11.8. The summed E-state index contributed by atoms with van der Waals surface area (Å²) in [7, 11) is 0. The van der Waals surface area contributed by atoms with Gasteiger partial charge in [-0.3, -0.25) is 14.9 Å². The van der Waals surface area contributed by atoms with Crippen LogP contribution in [0.1, 0.15) is 29.2 Å². The van der Waals surface area contributed by atoms with Crippen molar-refractivity contribution in [2.45, 2.75) is 26.3 Å². The standard InChI is InChI=1S/C14H15N3O3S/c1-8-7-12(16-20-8)15-13(18)14(19)17-5-3-11-10(9(17)2)4-6-21-11/h4,6-7,9H,3,5H2,1-2H3,(H,15,16,18)/t9-/m0/s1. The highest BCUT2D eigenvalue weighted by Crippen LogP contribution is 2.32. The first-order valence-electron chi connectivity index (χ1n) is 6.68. The number of amides is 2. The third-order valence-electron chi connectivity index (χ3n) is 3.60. The Morgan fingerprint density at radius 3 is 3.05 bits per heavy atom. The number of anilines is 1. The molecule has 110 valence electrons. The molecule has 7 heteroatoms. The highest BCUT2D eigenvalue weighted by Gasteiger charge is 2.32. The number of nitrogens with one attached hydrogen (secondary N) is 1. The van der Waals surface area contributed by atoms with Crippen molar-refractivity contribution in [2.75, 3.05) is 11.9 Å². The summed E-state index contributed by atoms with van der Waals surface area (Å²) in [5, 5.41) is 8.14. The van der Waals surface area contributed by atoms with E-state index in [0.717, 1.165) is 12.0 Å². The highest BCUT2D eigenvalue weighted by molar-refractivity contribution is 7.10. The molecule has 1 aliphatic rings. The third kappa shape index (κ3) is 2.56. The number of thiophene rings is 1. The summed E-state index contributed by atoms with van der Waals surface area (Å²) in [5.74, 6) is -0.396. The molecule has 1 aliphatic heterocycles. The second-order valence-corrected chi connectivity index (χ2v) is 6.00. The first-order chi connectivity index (χ1) is 10.1. The van der Waals surface area contributed by atoms with Gasteiger partial charge in [0, 0.05) is 17.5 Å². The van der Waals surface area contributed by atoms with Gasteiger partial charge in [-0.25, -0.2) is 0 Å². The smallest absolute Gasteiger partial charge is 0.315 e. The fraction of sp³-hybridized carbons (Fsp3) is 0.357. The quantitative estimate of drug-likeness (QED) is 0.819. The van der Waals surface area contributed by atoms with Gasteiger partial charge in [0.1, 0.15) is 5.76 Å². The lowest BCUT2D eigenvalue weighted by molar-refractivity contribution is -0.145. The summed E-state index contributed by atoms with van der Waals surface area (Å²) >= 11 is 1.70. The molecule has 3 heterocycles. The van der Waals surface area contributed by atoms with Crippen molar-refractivity contribution < 1.29 is 14.1 Å². The SMILES string of the molecule is Cc1cc(NC(=O)C(=O)N2CCc3sccc3[C@@H]2C)no1. The van der Waals surface area contributed by atoms with Crippen molar-refractivity contribution in [2.24, 2.45) is 0 Å². The van der Waals surface area contributed by atoms with E-state index in [1.165, 1.54) is 4.88 Å². The average Bonchev–Trinajstić information content (AvgIpc) is 3.08. The van der Waals surface area contributed by atoms with E-state index in [2.05, 4.69) is 10.5 Å². The number of nitrogens with zero attached hydrogens (tertiary/aromatic N) is 2. The van der Waals surface area contributed by atoms with Crippen LogP contribution in [0.25, 0.3) is 0 Å². The Labute approximate surface area is 125 Å². The van der Waals surface area contributed by atoms with E-state index in [0.29, 0.717) is 12.3 Å². The van der Waals surface area contributed by atoms with Crippen LogP contribution >= 0.6 is 11.3 Å². The molecule has 6 nitrogen and oxygen atoms in total. The third-order valence-corrected chi connectivity index (χ3v) is 4.60. The van der Waals surface area contributed by atoms with E-state index in [9.17, 15) is 9.59 Å². The summed E-state index contributed by atoms with van der Waals surface area (Å²) in [5.41, 5.74) is 1.13. The minimum atomic E-state index is -0.686. The van der Waals surface area contributed by atoms with Gasteiger partial charge in [-0.05, 0) is 37.3 Å². The highest BCUT2D eigenvalue weighted by atomic mass is 32.1. The fourth-order valence-corrected chi connectivity index (χ4v) is 3.48. The second kappa shape index (κ2) is 5.33. The number of fused-ring (bicyclic) bond motifs is 1. The molecule has 0 fully saturated rings. The van der Waals surface area contributed by atoms with Gasteiger partial charge in [0.25, 0.3) is 0 Å². The minimum Gasteiger partial charge on any atom is -0.360 e. The van der Waals surface area contributed by atoms with Crippen LogP contribution in [0.3, 0.4) is 0 Å². The molecule has 0 saturated heterocycles. The van der Waals surface area contributed by atoms with Crippen molar-refractivity contribution in [3.8, 4) is 0 Å². The molecule has 0 bridgehead atoms. The summed E-state index contributed by atoms with van der Waals surface area (Å²) in [6, 6.07) is 3.50. The Kier molecular flexibility index (Phi) is 3.50. The number of hydrogen-bond acceptors (Lipinski definition) is 5. The Balaban J connectivity index is 1.72. The molecule has 21 heavy (non-hydrogen) atoms. The molecule has 0 radical (unpaired) electrons.